The second kappa shape index (κ2) is 6.28. The Balaban J connectivity index is 4.17. The first-order valence-electron chi connectivity index (χ1n) is 6.27. The topological polar surface area (TPSA) is 9.23 Å². The van der Waals surface area contributed by atoms with Gasteiger partial charge in [-0.15, -0.1) is 0 Å². The summed E-state index contributed by atoms with van der Waals surface area (Å²) in [5, 5.41) is 1.41. The predicted octanol–water partition coefficient (Wildman–Crippen LogP) is 4.51. The molecule has 0 spiro atoms. The van der Waals surface area contributed by atoms with E-state index in [0.717, 1.165) is 13.2 Å². The summed E-state index contributed by atoms with van der Waals surface area (Å²) in [6.45, 7) is 18.4. The molecule has 0 saturated heterocycles. The molecule has 0 fully saturated rings. The summed E-state index contributed by atoms with van der Waals surface area (Å²) in [7, 11) is 0. The molecule has 0 saturated carbocycles. The zero-order chi connectivity index (χ0) is 12.1. The molecular weight excluding hydrogens is 199 g/mol. The van der Waals surface area contributed by atoms with Crippen LogP contribution in [0, 0.1) is 0 Å². The number of rotatable bonds is 5. The molecule has 0 aromatic rings. The predicted molar refractivity (Wildman–Crippen MR) is 71.1 cm³/mol. The van der Waals surface area contributed by atoms with Crippen LogP contribution in [0.3, 0.4) is 0 Å². The van der Waals surface area contributed by atoms with Gasteiger partial charge in [-0.2, -0.15) is 0 Å². The molecule has 0 atom stereocenters. The summed E-state index contributed by atoms with van der Waals surface area (Å²) < 4.78 is 6.50. The van der Waals surface area contributed by atoms with Crippen molar-refractivity contribution in [3.05, 3.63) is 0 Å². The Morgan fingerprint density at radius 1 is 0.933 bits per heavy atom. The van der Waals surface area contributed by atoms with E-state index in [9.17, 15) is 0 Å². The zero-order valence-corrected chi connectivity index (χ0v) is 13.0. The molecule has 0 aliphatic heterocycles. The van der Waals surface area contributed by atoms with Crippen molar-refractivity contribution in [1.29, 1.82) is 0 Å². The Morgan fingerprint density at radius 3 is 1.73 bits per heavy atom. The van der Waals surface area contributed by atoms with Gasteiger partial charge < -0.3 is 4.74 Å². The van der Waals surface area contributed by atoms with Gasteiger partial charge in [0.1, 0.15) is 0 Å². The summed E-state index contributed by atoms with van der Waals surface area (Å²) in [5.74, 6) is 0. The average Bonchev–Trinajstić information content (AvgIpc) is 1.99. The third-order valence-corrected chi connectivity index (χ3v) is 8.24. The van der Waals surface area contributed by atoms with Gasteiger partial charge in [-0.05, 0) is 21.1 Å². The van der Waals surface area contributed by atoms with E-state index in [1.807, 2.05) is 0 Å². The number of hydrogen-bond donors (Lipinski definition) is 0. The van der Waals surface area contributed by atoms with Crippen LogP contribution < -0.4 is 0 Å². The van der Waals surface area contributed by atoms with Crippen molar-refractivity contribution in [3.8, 4) is 0 Å². The molecule has 0 N–H and O–H groups in total. The van der Waals surface area contributed by atoms with Crippen LogP contribution in [0.15, 0.2) is 0 Å². The van der Waals surface area contributed by atoms with Gasteiger partial charge in [0.2, 0.25) is 0 Å². The molecular formula is C13H29AlO-. The van der Waals surface area contributed by atoms with E-state index in [1.165, 1.54) is 11.7 Å². The molecule has 0 rings (SSSR count). The fraction of sp³-hybridized carbons (Fsp3) is 1.00. The van der Waals surface area contributed by atoms with Crippen LogP contribution in [0.25, 0.3) is 0 Å². The van der Waals surface area contributed by atoms with Crippen molar-refractivity contribution in [2.24, 2.45) is 0 Å². The first kappa shape index (κ1) is 15.5. The van der Waals surface area contributed by atoms with Crippen molar-refractivity contribution in [3.63, 3.8) is 0 Å². The van der Waals surface area contributed by atoms with Crippen molar-refractivity contribution in [1.82, 2.24) is 0 Å². The number of hydrogen-bond acceptors (Lipinski definition) is 1. The van der Waals surface area contributed by atoms with Crippen molar-refractivity contribution in [2.75, 3.05) is 13.2 Å². The van der Waals surface area contributed by atoms with Crippen LogP contribution in [0.5, 0.6) is 0 Å². The molecule has 15 heavy (non-hydrogen) atoms. The first-order chi connectivity index (χ1) is 6.69. The minimum Gasteiger partial charge on any atom is -0.382 e. The highest BCUT2D eigenvalue weighted by Crippen LogP contribution is 2.44. The second-order valence-electron chi connectivity index (χ2n) is 6.62. The highest BCUT2D eigenvalue weighted by molar-refractivity contribution is 6.65. The van der Waals surface area contributed by atoms with E-state index >= 15 is 0 Å². The highest BCUT2D eigenvalue weighted by atomic mass is 27.2. The van der Waals surface area contributed by atoms with E-state index in [2.05, 4.69) is 48.5 Å². The fourth-order valence-electron chi connectivity index (χ4n) is 2.70. The third kappa shape index (κ3) is 6.61. The van der Waals surface area contributed by atoms with Gasteiger partial charge in [0.05, 0.1) is 0 Å². The van der Waals surface area contributed by atoms with E-state index < -0.39 is 14.1 Å². The van der Waals surface area contributed by atoms with Crippen molar-refractivity contribution in [2.45, 2.75) is 68.7 Å². The standard InChI is InChI=1S/C5H11O.2C4H9.Al/c1-3-5-6-4-2;2*1-4(2)3;/h1,3-5H2,2H3;2*1-3H3;/q;;;-1. The summed E-state index contributed by atoms with van der Waals surface area (Å²) >= 11 is -0.733. The quantitative estimate of drug-likeness (QED) is 0.497. The number of ether oxygens (including phenoxy) is 1. The summed E-state index contributed by atoms with van der Waals surface area (Å²) in [6.07, 6.45) is 1.25. The molecule has 0 aliphatic rings. The fourth-order valence-corrected chi connectivity index (χ4v) is 7.60. The molecule has 0 amide bonds. The highest BCUT2D eigenvalue weighted by Gasteiger charge is 2.24. The van der Waals surface area contributed by atoms with Crippen LogP contribution in [-0.2, 0) is 4.74 Å². The molecule has 0 bridgehead atoms. The molecule has 1 radical (unpaired) electrons. The van der Waals surface area contributed by atoms with Gasteiger partial charge in [0, 0.05) is 13.2 Å². The average molecular weight is 228 g/mol. The molecule has 0 aliphatic carbocycles. The van der Waals surface area contributed by atoms with Gasteiger partial charge in [-0.3, -0.25) is 0 Å². The lowest BCUT2D eigenvalue weighted by Gasteiger charge is -2.50. The Hall–Kier alpha value is 0.492. The summed E-state index contributed by atoms with van der Waals surface area (Å²) in [6, 6.07) is 0. The third-order valence-electron chi connectivity index (χ3n) is 3.08. The maximum absolute atomic E-state index is 5.43. The monoisotopic (exact) mass is 228 g/mol. The lowest BCUT2D eigenvalue weighted by Crippen LogP contribution is -2.35. The van der Waals surface area contributed by atoms with Gasteiger partial charge in [0.25, 0.3) is 0 Å². The van der Waals surface area contributed by atoms with Gasteiger partial charge >= 0.3 is 0 Å². The van der Waals surface area contributed by atoms with E-state index in [4.69, 9.17) is 4.74 Å². The van der Waals surface area contributed by atoms with Crippen molar-refractivity contribution < 1.29 is 4.74 Å². The molecule has 0 heterocycles. The molecule has 0 aromatic carbocycles. The molecule has 91 valence electrons. The Kier molecular flexibility index (Phi) is 6.49. The first-order valence-corrected chi connectivity index (χ1v) is 8.24. The molecule has 1 nitrogen and oxygen atoms in total. The van der Waals surface area contributed by atoms with Crippen LogP contribution in [0.1, 0.15) is 54.9 Å². The Bertz CT molecular complexity index is 150. The smallest absolute Gasteiger partial charge is 0.0437 e. The van der Waals surface area contributed by atoms with Gasteiger partial charge in [0.15, 0.2) is 0 Å². The van der Waals surface area contributed by atoms with Gasteiger partial charge in [-0.1, -0.05) is 48.0 Å². The van der Waals surface area contributed by atoms with Gasteiger partial charge in [-0.25, -0.2) is 13.8 Å². The minimum atomic E-state index is -0.733. The SMILES string of the molecule is CCOCC[CH2][Al-]([C](C)(C)C)[C](C)(C)C. The van der Waals surface area contributed by atoms with E-state index in [-0.39, 0.29) is 0 Å². The zero-order valence-electron chi connectivity index (χ0n) is 11.8. The van der Waals surface area contributed by atoms with Crippen LogP contribution in [0.4, 0.5) is 0 Å². The second-order valence-corrected chi connectivity index (χ2v) is 11.8. The van der Waals surface area contributed by atoms with Crippen LogP contribution in [-0.4, -0.2) is 27.4 Å². The molecule has 2 heteroatoms. The van der Waals surface area contributed by atoms with E-state index in [1.54, 1.807) is 0 Å². The summed E-state index contributed by atoms with van der Waals surface area (Å²) in [4.78, 5) is 0. The lowest BCUT2D eigenvalue weighted by molar-refractivity contribution is 0.148. The Morgan fingerprint density at radius 2 is 1.40 bits per heavy atom. The normalized spacial score (nSPS) is 13.6. The lowest BCUT2D eigenvalue weighted by atomic mass is 10.2. The van der Waals surface area contributed by atoms with Crippen molar-refractivity contribution >= 4 is 14.1 Å². The van der Waals surface area contributed by atoms with Crippen LogP contribution in [0.2, 0.25) is 13.8 Å². The maximum Gasteiger partial charge on any atom is 0.0437 e. The van der Waals surface area contributed by atoms with E-state index in [0.29, 0.717) is 8.55 Å². The summed E-state index contributed by atoms with van der Waals surface area (Å²) in [5.41, 5.74) is 0. The molecule has 0 aromatic heterocycles. The maximum atomic E-state index is 5.43. The molecule has 0 unspecified atom stereocenters. The Labute approximate surface area is 101 Å². The van der Waals surface area contributed by atoms with Crippen LogP contribution >= 0.6 is 0 Å². The largest absolute Gasteiger partial charge is 0.382 e. The minimum absolute atomic E-state index is 0.532.